The molecule has 7 nitrogen and oxygen atoms in total. The number of hydrogen-bond acceptors (Lipinski definition) is 4. The van der Waals surface area contributed by atoms with Crippen molar-refractivity contribution in [2.75, 3.05) is 17.1 Å². The van der Waals surface area contributed by atoms with Gasteiger partial charge in [-0.25, -0.2) is 8.42 Å². The van der Waals surface area contributed by atoms with Crippen LogP contribution < -0.4 is 15.4 Å². The molecule has 3 aromatic rings. The van der Waals surface area contributed by atoms with Crippen molar-refractivity contribution in [2.24, 2.45) is 0 Å². The van der Waals surface area contributed by atoms with E-state index in [0.29, 0.717) is 28.1 Å². The number of benzene rings is 3. The molecule has 3 N–H and O–H groups in total. The standard InChI is InChI=1S/C23H23N3O4S/c1-15-7-4-5-9-20(15)26-31(29,30)18-13-11-17(12-14-18)22(27)25-21-10-6-8-19(16(21)2)23(28)24-3/h4-14,26H,1-3H3,(H,24,28)(H,25,27). The lowest BCUT2D eigenvalue weighted by Gasteiger charge is -2.13. The normalized spacial score (nSPS) is 10.9. The van der Waals surface area contributed by atoms with Crippen LogP contribution in [0.1, 0.15) is 31.8 Å². The average Bonchev–Trinajstić information content (AvgIpc) is 2.76. The summed E-state index contributed by atoms with van der Waals surface area (Å²) in [4.78, 5) is 24.6. The molecule has 160 valence electrons. The first-order chi connectivity index (χ1) is 14.7. The second-order valence-electron chi connectivity index (χ2n) is 6.96. The largest absolute Gasteiger partial charge is 0.355 e. The van der Waals surface area contributed by atoms with Gasteiger partial charge in [-0.15, -0.1) is 0 Å². The third kappa shape index (κ3) is 4.92. The number of rotatable bonds is 6. The lowest BCUT2D eigenvalue weighted by molar-refractivity contribution is 0.0960. The van der Waals surface area contributed by atoms with Gasteiger partial charge in [-0.2, -0.15) is 0 Å². The topological polar surface area (TPSA) is 104 Å². The molecule has 0 radical (unpaired) electrons. The predicted octanol–water partition coefficient (Wildman–Crippen LogP) is 3.72. The number of amides is 2. The van der Waals surface area contributed by atoms with Gasteiger partial charge in [-0.3, -0.25) is 14.3 Å². The van der Waals surface area contributed by atoms with E-state index in [9.17, 15) is 18.0 Å². The van der Waals surface area contributed by atoms with Gasteiger partial charge >= 0.3 is 0 Å². The van der Waals surface area contributed by atoms with Crippen molar-refractivity contribution in [3.63, 3.8) is 0 Å². The molecule has 2 amide bonds. The maximum absolute atomic E-state index is 12.7. The number of aryl methyl sites for hydroxylation is 1. The van der Waals surface area contributed by atoms with E-state index in [1.54, 1.807) is 37.3 Å². The summed E-state index contributed by atoms with van der Waals surface area (Å²) in [6.07, 6.45) is 0. The highest BCUT2D eigenvalue weighted by Gasteiger charge is 2.17. The SMILES string of the molecule is CNC(=O)c1cccc(NC(=O)c2ccc(S(=O)(=O)Nc3ccccc3C)cc2)c1C. The Kier molecular flexibility index (Phi) is 6.41. The van der Waals surface area contributed by atoms with Crippen LogP contribution in [0.25, 0.3) is 0 Å². The summed E-state index contributed by atoms with van der Waals surface area (Å²) in [5, 5.41) is 5.33. The molecule has 0 aliphatic heterocycles. The Labute approximate surface area is 181 Å². The minimum Gasteiger partial charge on any atom is -0.355 e. The summed E-state index contributed by atoms with van der Waals surface area (Å²) in [6.45, 7) is 3.56. The molecule has 3 rings (SSSR count). The summed E-state index contributed by atoms with van der Waals surface area (Å²) in [5.41, 5.74) is 3.19. The Balaban J connectivity index is 1.78. The van der Waals surface area contributed by atoms with Crippen LogP contribution in [0.5, 0.6) is 0 Å². The van der Waals surface area contributed by atoms with E-state index < -0.39 is 15.9 Å². The highest BCUT2D eigenvalue weighted by molar-refractivity contribution is 7.92. The van der Waals surface area contributed by atoms with E-state index in [1.165, 1.54) is 31.3 Å². The second kappa shape index (κ2) is 9.01. The number of para-hydroxylation sites is 1. The minimum atomic E-state index is -3.79. The molecule has 8 heteroatoms. The van der Waals surface area contributed by atoms with Gasteiger partial charge in [0.1, 0.15) is 0 Å². The molecule has 0 aliphatic rings. The van der Waals surface area contributed by atoms with Crippen LogP contribution in [0, 0.1) is 13.8 Å². The van der Waals surface area contributed by atoms with Gasteiger partial charge in [0.25, 0.3) is 21.8 Å². The van der Waals surface area contributed by atoms with E-state index >= 15 is 0 Å². The van der Waals surface area contributed by atoms with Gasteiger partial charge in [-0.05, 0) is 67.4 Å². The van der Waals surface area contributed by atoms with E-state index in [1.807, 2.05) is 19.1 Å². The van der Waals surface area contributed by atoms with Crippen LogP contribution >= 0.6 is 0 Å². The van der Waals surface area contributed by atoms with Crippen LogP contribution in [-0.4, -0.2) is 27.3 Å². The first kappa shape index (κ1) is 22.0. The lowest BCUT2D eigenvalue weighted by Crippen LogP contribution is -2.20. The van der Waals surface area contributed by atoms with Crippen LogP contribution in [0.3, 0.4) is 0 Å². The van der Waals surface area contributed by atoms with Crippen LogP contribution in [0.4, 0.5) is 11.4 Å². The van der Waals surface area contributed by atoms with Crippen molar-refractivity contribution in [1.82, 2.24) is 5.32 Å². The molecule has 31 heavy (non-hydrogen) atoms. The fourth-order valence-corrected chi connectivity index (χ4v) is 4.15. The highest BCUT2D eigenvalue weighted by atomic mass is 32.2. The Hall–Kier alpha value is -3.65. The molecule has 0 saturated carbocycles. The number of hydrogen-bond donors (Lipinski definition) is 3. The lowest BCUT2D eigenvalue weighted by atomic mass is 10.1. The minimum absolute atomic E-state index is 0.0464. The number of sulfonamides is 1. The van der Waals surface area contributed by atoms with Gasteiger partial charge in [-0.1, -0.05) is 24.3 Å². The zero-order chi connectivity index (χ0) is 22.6. The van der Waals surface area contributed by atoms with E-state index in [-0.39, 0.29) is 10.8 Å². The van der Waals surface area contributed by atoms with Gasteiger partial charge in [0.2, 0.25) is 0 Å². The zero-order valence-corrected chi connectivity index (χ0v) is 18.2. The fraction of sp³-hybridized carbons (Fsp3) is 0.130. The summed E-state index contributed by atoms with van der Waals surface area (Å²) in [6, 6.07) is 17.8. The molecule has 0 fully saturated rings. The van der Waals surface area contributed by atoms with Gasteiger partial charge in [0, 0.05) is 23.9 Å². The molecule has 0 aliphatic carbocycles. The molecular weight excluding hydrogens is 414 g/mol. The Morgan fingerprint density at radius 2 is 1.42 bits per heavy atom. The van der Waals surface area contributed by atoms with E-state index in [0.717, 1.165) is 5.56 Å². The molecule has 3 aromatic carbocycles. The first-order valence-electron chi connectivity index (χ1n) is 9.54. The maximum Gasteiger partial charge on any atom is 0.261 e. The van der Waals surface area contributed by atoms with Gasteiger partial charge in [0.15, 0.2) is 0 Å². The Bertz CT molecular complexity index is 1240. The smallest absolute Gasteiger partial charge is 0.261 e. The number of nitrogens with one attached hydrogen (secondary N) is 3. The molecule has 0 bridgehead atoms. The van der Waals surface area contributed by atoms with E-state index in [2.05, 4.69) is 15.4 Å². The monoisotopic (exact) mass is 437 g/mol. The molecule has 0 saturated heterocycles. The quantitative estimate of drug-likeness (QED) is 0.547. The van der Waals surface area contributed by atoms with Gasteiger partial charge < -0.3 is 10.6 Å². The molecule has 0 atom stereocenters. The Morgan fingerprint density at radius 1 is 0.774 bits per heavy atom. The number of carbonyl (C=O) groups is 2. The number of carbonyl (C=O) groups excluding carboxylic acids is 2. The summed E-state index contributed by atoms with van der Waals surface area (Å²) >= 11 is 0. The summed E-state index contributed by atoms with van der Waals surface area (Å²) in [5.74, 6) is -0.655. The number of anilines is 2. The highest BCUT2D eigenvalue weighted by Crippen LogP contribution is 2.22. The van der Waals surface area contributed by atoms with Crippen molar-refractivity contribution in [1.29, 1.82) is 0 Å². The molecule has 0 aromatic heterocycles. The van der Waals surface area contributed by atoms with Gasteiger partial charge in [0.05, 0.1) is 10.6 Å². The third-order valence-electron chi connectivity index (χ3n) is 4.87. The third-order valence-corrected chi connectivity index (χ3v) is 6.25. The molecule has 0 unspecified atom stereocenters. The van der Waals surface area contributed by atoms with Crippen LogP contribution in [-0.2, 0) is 10.0 Å². The Morgan fingerprint density at radius 3 is 2.06 bits per heavy atom. The van der Waals surface area contributed by atoms with Crippen molar-refractivity contribution in [3.8, 4) is 0 Å². The van der Waals surface area contributed by atoms with Crippen molar-refractivity contribution in [3.05, 3.63) is 89.0 Å². The van der Waals surface area contributed by atoms with Crippen LogP contribution in [0.2, 0.25) is 0 Å². The zero-order valence-electron chi connectivity index (χ0n) is 17.4. The van der Waals surface area contributed by atoms with Crippen molar-refractivity contribution >= 4 is 33.2 Å². The average molecular weight is 438 g/mol. The molecule has 0 heterocycles. The second-order valence-corrected chi connectivity index (χ2v) is 8.64. The van der Waals surface area contributed by atoms with E-state index in [4.69, 9.17) is 0 Å². The molecular formula is C23H23N3O4S. The maximum atomic E-state index is 12.7. The first-order valence-corrected chi connectivity index (χ1v) is 11.0. The summed E-state index contributed by atoms with van der Waals surface area (Å²) in [7, 11) is -2.25. The predicted molar refractivity (Wildman–Crippen MR) is 121 cm³/mol. The molecule has 0 spiro atoms. The summed E-state index contributed by atoms with van der Waals surface area (Å²) < 4.78 is 27.9. The fourth-order valence-electron chi connectivity index (χ4n) is 3.02. The van der Waals surface area contributed by atoms with Crippen molar-refractivity contribution < 1.29 is 18.0 Å². The van der Waals surface area contributed by atoms with Crippen molar-refractivity contribution in [2.45, 2.75) is 18.7 Å². The van der Waals surface area contributed by atoms with Crippen LogP contribution in [0.15, 0.2) is 71.6 Å².